The van der Waals surface area contributed by atoms with Gasteiger partial charge in [0.05, 0.1) is 5.69 Å². The second kappa shape index (κ2) is 8.22. The Bertz CT molecular complexity index is 883. The largest absolute Gasteiger partial charge is 0.385 e. The summed E-state index contributed by atoms with van der Waals surface area (Å²) in [5, 5.41) is 7.57. The molecule has 1 aliphatic heterocycles. The summed E-state index contributed by atoms with van der Waals surface area (Å²) in [7, 11) is 1.71. The first-order chi connectivity index (χ1) is 13.7. The van der Waals surface area contributed by atoms with Crippen molar-refractivity contribution in [1.29, 1.82) is 5.41 Å². The molecule has 28 heavy (non-hydrogen) atoms. The molecule has 0 atom stereocenters. The van der Waals surface area contributed by atoms with Crippen molar-refractivity contribution < 1.29 is 4.74 Å². The number of aromatic nitrogens is 3. The molecule has 1 saturated carbocycles. The molecule has 148 valence electrons. The van der Waals surface area contributed by atoms with Gasteiger partial charge in [0.15, 0.2) is 5.84 Å². The number of nitrogens with zero attached hydrogens (tertiary/aromatic N) is 4. The van der Waals surface area contributed by atoms with Crippen molar-refractivity contribution in [1.82, 2.24) is 19.9 Å². The Kier molecular flexibility index (Phi) is 5.52. The maximum atomic E-state index is 7.57. The van der Waals surface area contributed by atoms with Crippen LogP contribution in [0.4, 0.5) is 0 Å². The first-order valence-electron chi connectivity index (χ1n) is 10.0. The lowest BCUT2D eigenvalue weighted by Crippen LogP contribution is -2.38. The summed E-state index contributed by atoms with van der Waals surface area (Å²) in [6, 6.07) is 4.41. The maximum Gasteiger partial charge on any atom is 0.156 e. The molecular formula is C21H28N6O. The van der Waals surface area contributed by atoms with Gasteiger partial charge in [-0.3, -0.25) is 10.4 Å². The molecule has 0 spiro atoms. The van der Waals surface area contributed by atoms with Gasteiger partial charge in [0.1, 0.15) is 17.9 Å². The smallest absolute Gasteiger partial charge is 0.156 e. The number of amidine groups is 1. The van der Waals surface area contributed by atoms with E-state index in [1.165, 1.54) is 29.8 Å². The number of aryl methyl sites for hydroxylation is 2. The highest BCUT2D eigenvalue weighted by molar-refractivity contribution is 6.01. The monoisotopic (exact) mass is 380 g/mol. The number of hydrogen-bond donors (Lipinski definition) is 2. The van der Waals surface area contributed by atoms with E-state index in [0.717, 1.165) is 61.7 Å². The first-order valence-corrected chi connectivity index (χ1v) is 10.0. The molecule has 7 heteroatoms. The van der Waals surface area contributed by atoms with Crippen LogP contribution < -0.4 is 0 Å². The summed E-state index contributed by atoms with van der Waals surface area (Å²) in [5.41, 5.74) is 5.64. The van der Waals surface area contributed by atoms with E-state index in [1.54, 1.807) is 7.11 Å². The quantitative estimate of drug-likeness (QED) is 0.439. The van der Waals surface area contributed by atoms with Gasteiger partial charge < -0.3 is 14.6 Å². The van der Waals surface area contributed by atoms with Crippen LogP contribution in [0.3, 0.4) is 0 Å². The molecule has 0 bridgehead atoms. The second-order valence-electron chi connectivity index (χ2n) is 7.61. The Hall–Kier alpha value is -2.54. The van der Waals surface area contributed by atoms with E-state index in [2.05, 4.69) is 32.0 Å². The Morgan fingerprint density at radius 3 is 3.00 bits per heavy atom. The van der Waals surface area contributed by atoms with E-state index < -0.39 is 0 Å². The van der Waals surface area contributed by atoms with Crippen LogP contribution in [0.15, 0.2) is 17.1 Å². The number of aliphatic imine (C=N–C) groups is 1. The number of aromatic amines is 1. The van der Waals surface area contributed by atoms with Crippen LogP contribution >= 0.6 is 0 Å². The summed E-state index contributed by atoms with van der Waals surface area (Å²) in [4.78, 5) is 19.6. The van der Waals surface area contributed by atoms with Gasteiger partial charge in [-0.1, -0.05) is 6.07 Å². The lowest BCUT2D eigenvalue weighted by atomic mass is 10.0. The van der Waals surface area contributed by atoms with Crippen molar-refractivity contribution >= 4 is 12.2 Å². The van der Waals surface area contributed by atoms with Gasteiger partial charge in [-0.25, -0.2) is 9.98 Å². The minimum Gasteiger partial charge on any atom is -0.385 e. The third kappa shape index (κ3) is 3.99. The number of fused-ring (bicyclic) bond motifs is 1. The SMILES string of the molecule is COCCCc1nc(C)[nH]c1/C(=N\C=N)N1CCc2nc(C3CC3)ccc2C1. The van der Waals surface area contributed by atoms with E-state index in [1.807, 2.05) is 6.92 Å². The fourth-order valence-corrected chi connectivity index (χ4v) is 3.87. The highest BCUT2D eigenvalue weighted by Gasteiger charge is 2.28. The van der Waals surface area contributed by atoms with Gasteiger partial charge in [-0.15, -0.1) is 0 Å². The number of hydrogen-bond acceptors (Lipinski definition) is 4. The molecule has 4 rings (SSSR count). The summed E-state index contributed by atoms with van der Waals surface area (Å²) in [6.07, 6.45) is 6.30. The first kappa shape index (κ1) is 18.8. The molecule has 1 aliphatic carbocycles. The van der Waals surface area contributed by atoms with Gasteiger partial charge in [0.25, 0.3) is 0 Å². The van der Waals surface area contributed by atoms with Crippen LogP contribution in [0.1, 0.15) is 59.3 Å². The van der Waals surface area contributed by atoms with E-state index in [9.17, 15) is 0 Å². The van der Waals surface area contributed by atoms with Crippen molar-refractivity contribution in [3.05, 3.63) is 46.3 Å². The maximum absolute atomic E-state index is 7.57. The molecule has 0 radical (unpaired) electrons. The standard InChI is InChI=1S/C21H28N6O/c1-14-24-19(4-3-11-28-2)20(25-14)21(23-13-22)27-10-9-18-16(12-27)7-8-17(26-18)15-5-6-15/h7-8,13,15,22H,3-6,9-12H2,1-2H3,(H,24,25)/b22-13?,23-21+. The molecule has 0 saturated heterocycles. The normalized spacial score (nSPS) is 16.9. The molecule has 2 aromatic rings. The number of H-pyrrole nitrogens is 1. The average Bonchev–Trinajstić information content (AvgIpc) is 3.49. The number of pyridine rings is 1. The zero-order valence-electron chi connectivity index (χ0n) is 16.7. The molecule has 0 unspecified atom stereocenters. The van der Waals surface area contributed by atoms with Crippen molar-refractivity contribution in [2.75, 3.05) is 20.3 Å². The van der Waals surface area contributed by atoms with E-state index >= 15 is 0 Å². The molecule has 7 nitrogen and oxygen atoms in total. The molecule has 0 aromatic carbocycles. The molecule has 0 amide bonds. The van der Waals surface area contributed by atoms with Crippen LogP contribution in [-0.2, 0) is 24.1 Å². The summed E-state index contributed by atoms with van der Waals surface area (Å²) >= 11 is 0. The summed E-state index contributed by atoms with van der Waals surface area (Å²) in [6.45, 7) is 4.26. The fraction of sp³-hybridized carbons (Fsp3) is 0.524. The lowest BCUT2D eigenvalue weighted by Gasteiger charge is -2.31. The van der Waals surface area contributed by atoms with Crippen molar-refractivity contribution in [3.8, 4) is 0 Å². The molecular weight excluding hydrogens is 352 g/mol. The summed E-state index contributed by atoms with van der Waals surface area (Å²) < 4.78 is 5.18. The van der Waals surface area contributed by atoms with Crippen molar-refractivity contribution in [2.24, 2.45) is 4.99 Å². The molecule has 2 aromatic heterocycles. The Morgan fingerprint density at radius 1 is 1.39 bits per heavy atom. The second-order valence-corrected chi connectivity index (χ2v) is 7.61. The number of methoxy groups -OCH3 is 1. The van der Waals surface area contributed by atoms with Crippen molar-refractivity contribution in [2.45, 2.75) is 51.5 Å². The molecule has 1 fully saturated rings. The van der Waals surface area contributed by atoms with Gasteiger partial charge in [-0.05, 0) is 44.2 Å². The Balaban J connectivity index is 1.57. The molecule has 2 N–H and O–H groups in total. The Labute approximate surface area is 165 Å². The predicted molar refractivity (Wildman–Crippen MR) is 109 cm³/mol. The number of imidazole rings is 1. The predicted octanol–water partition coefficient (Wildman–Crippen LogP) is 2.98. The van der Waals surface area contributed by atoms with Crippen molar-refractivity contribution in [3.63, 3.8) is 0 Å². The topological polar surface area (TPSA) is 90.2 Å². The highest BCUT2D eigenvalue weighted by atomic mass is 16.5. The van der Waals surface area contributed by atoms with E-state index in [0.29, 0.717) is 12.5 Å². The zero-order valence-corrected chi connectivity index (χ0v) is 16.7. The zero-order chi connectivity index (χ0) is 19.5. The van der Waals surface area contributed by atoms with Gasteiger partial charge in [0.2, 0.25) is 0 Å². The minimum absolute atomic E-state index is 0.681. The van der Waals surface area contributed by atoms with Crippen LogP contribution in [0.5, 0.6) is 0 Å². The van der Waals surface area contributed by atoms with Crippen LogP contribution in [0.2, 0.25) is 0 Å². The highest BCUT2D eigenvalue weighted by Crippen LogP contribution is 2.39. The number of ether oxygens (including phenoxy) is 1. The average molecular weight is 380 g/mol. The third-order valence-electron chi connectivity index (χ3n) is 5.43. The minimum atomic E-state index is 0.681. The molecule has 3 heterocycles. The van der Waals surface area contributed by atoms with Gasteiger partial charge in [-0.2, -0.15) is 0 Å². The van der Waals surface area contributed by atoms with E-state index in [4.69, 9.17) is 15.1 Å². The van der Waals surface area contributed by atoms with Crippen LogP contribution in [-0.4, -0.2) is 52.3 Å². The Morgan fingerprint density at radius 2 is 2.25 bits per heavy atom. The van der Waals surface area contributed by atoms with Gasteiger partial charge in [0, 0.05) is 50.5 Å². The lowest BCUT2D eigenvalue weighted by molar-refractivity contribution is 0.195. The van der Waals surface area contributed by atoms with Crippen LogP contribution in [0.25, 0.3) is 0 Å². The van der Waals surface area contributed by atoms with E-state index in [-0.39, 0.29) is 0 Å². The number of rotatable bonds is 7. The third-order valence-corrected chi connectivity index (χ3v) is 5.43. The fourth-order valence-electron chi connectivity index (χ4n) is 3.87. The van der Waals surface area contributed by atoms with Crippen LogP contribution in [0, 0.1) is 12.3 Å². The van der Waals surface area contributed by atoms with Gasteiger partial charge >= 0.3 is 0 Å². The summed E-state index contributed by atoms with van der Waals surface area (Å²) in [5.74, 6) is 2.34. The molecule has 2 aliphatic rings. The number of nitrogens with one attached hydrogen (secondary N) is 2.